The van der Waals surface area contributed by atoms with Crippen LogP contribution < -0.4 is 14.8 Å². The lowest BCUT2D eigenvalue weighted by molar-refractivity contribution is 0.0521. The van der Waals surface area contributed by atoms with Crippen LogP contribution in [0.2, 0.25) is 0 Å². The number of para-hydroxylation sites is 1. The van der Waals surface area contributed by atoms with Crippen LogP contribution in [0.15, 0.2) is 60.7 Å². The molecule has 0 spiro atoms. The molecule has 1 atom stereocenters. The number of amides is 1. The summed E-state index contributed by atoms with van der Waals surface area (Å²) in [7, 11) is 2.95. The molecule has 3 aromatic carbocycles. The number of nitrogens with one attached hydrogen (secondary N) is 1. The van der Waals surface area contributed by atoms with Crippen LogP contribution in [0.25, 0.3) is 22.1 Å². The van der Waals surface area contributed by atoms with E-state index in [2.05, 4.69) is 15.0 Å². The van der Waals surface area contributed by atoms with Gasteiger partial charge in [-0.3, -0.25) is 4.79 Å². The van der Waals surface area contributed by atoms with E-state index >= 15 is 0 Å². The Balaban J connectivity index is 1.33. The van der Waals surface area contributed by atoms with Crippen LogP contribution in [-0.2, 0) is 16.5 Å². The van der Waals surface area contributed by atoms with Gasteiger partial charge in [0.1, 0.15) is 35.3 Å². The summed E-state index contributed by atoms with van der Waals surface area (Å²) < 4.78 is 23.2. The lowest BCUT2D eigenvalue weighted by Gasteiger charge is -2.12. The topological polar surface area (TPSA) is 173 Å². The van der Waals surface area contributed by atoms with Gasteiger partial charge in [0.2, 0.25) is 0 Å². The van der Waals surface area contributed by atoms with E-state index in [1.54, 1.807) is 67.9 Å². The SMILES string of the molecule is CCOC(=O)c1ccccc1OCCNC(=O)c1ccc2nc(C(C)c3nc4cc(OC(=O)OC)ccc4n3C(=O)O)n(C)c2c1. The van der Waals surface area contributed by atoms with Crippen LogP contribution in [0.1, 0.15) is 52.1 Å². The molecule has 0 aliphatic heterocycles. The Morgan fingerprint density at radius 2 is 1.72 bits per heavy atom. The zero-order valence-corrected chi connectivity index (χ0v) is 25.5. The van der Waals surface area contributed by atoms with Crippen molar-refractivity contribution in [1.82, 2.24) is 24.4 Å². The number of esters is 1. The third kappa shape index (κ3) is 6.31. The van der Waals surface area contributed by atoms with Gasteiger partial charge in [-0.2, -0.15) is 0 Å². The van der Waals surface area contributed by atoms with Gasteiger partial charge in [-0.25, -0.2) is 28.9 Å². The standard InChI is InChI=1S/C32H31N5O9/c1-5-44-30(39)21-8-6-7-9-26(21)45-15-14-33-29(38)19-10-12-22-25(16-19)36(3)27(34-22)18(2)28-35-23-17-20(46-32(42)43-4)11-13-24(23)37(28)31(40)41/h6-13,16-18H,5,14-15H2,1-4H3,(H,33,38)(H,40,41). The number of methoxy groups -OCH3 is 1. The molecule has 0 aliphatic carbocycles. The predicted octanol–water partition coefficient (Wildman–Crippen LogP) is 4.73. The largest absolute Gasteiger partial charge is 0.513 e. The number of aromatic nitrogens is 4. The number of imidazole rings is 2. The molecule has 46 heavy (non-hydrogen) atoms. The van der Waals surface area contributed by atoms with E-state index < -0.39 is 24.1 Å². The molecule has 14 nitrogen and oxygen atoms in total. The lowest BCUT2D eigenvalue weighted by Crippen LogP contribution is -2.28. The molecule has 238 valence electrons. The fourth-order valence-electron chi connectivity index (χ4n) is 5.02. The number of ether oxygens (including phenoxy) is 4. The number of hydrogen-bond donors (Lipinski definition) is 2. The molecular formula is C32H31N5O9. The molecule has 0 bridgehead atoms. The molecule has 0 saturated carbocycles. The summed E-state index contributed by atoms with van der Waals surface area (Å²) in [6.07, 6.45) is -2.15. The average Bonchev–Trinajstić information content (AvgIpc) is 3.60. The first-order valence-electron chi connectivity index (χ1n) is 14.3. The maximum absolute atomic E-state index is 13.0. The third-order valence-corrected chi connectivity index (χ3v) is 7.19. The van der Waals surface area contributed by atoms with Crippen molar-refractivity contribution in [2.45, 2.75) is 19.8 Å². The molecule has 0 aliphatic rings. The van der Waals surface area contributed by atoms with Crippen LogP contribution in [0.3, 0.4) is 0 Å². The number of benzene rings is 3. The van der Waals surface area contributed by atoms with Gasteiger partial charge in [-0.05, 0) is 56.3 Å². The minimum Gasteiger partial charge on any atom is -0.491 e. The van der Waals surface area contributed by atoms with Crippen LogP contribution in [0, 0.1) is 0 Å². The maximum atomic E-state index is 13.0. The first-order valence-corrected chi connectivity index (χ1v) is 14.3. The number of carbonyl (C=O) groups is 4. The molecule has 0 radical (unpaired) electrons. The molecular weight excluding hydrogens is 598 g/mol. The van der Waals surface area contributed by atoms with Gasteiger partial charge in [0.15, 0.2) is 0 Å². The van der Waals surface area contributed by atoms with Crippen molar-refractivity contribution < 1.29 is 43.2 Å². The summed E-state index contributed by atoms with van der Waals surface area (Å²) in [4.78, 5) is 58.2. The van der Waals surface area contributed by atoms with Crippen LogP contribution in [0.5, 0.6) is 11.5 Å². The van der Waals surface area contributed by atoms with Crippen LogP contribution >= 0.6 is 0 Å². The summed E-state index contributed by atoms with van der Waals surface area (Å²) in [5.74, 6) is -0.172. The minimum atomic E-state index is -1.24. The Hall–Kier alpha value is -5.92. The average molecular weight is 630 g/mol. The molecule has 0 fully saturated rings. The summed E-state index contributed by atoms with van der Waals surface area (Å²) in [5.41, 5.74) is 2.55. The first kappa shape index (κ1) is 31.5. The monoisotopic (exact) mass is 629 g/mol. The normalized spacial score (nSPS) is 11.7. The van der Waals surface area contributed by atoms with Crippen molar-refractivity contribution in [3.63, 3.8) is 0 Å². The van der Waals surface area contributed by atoms with Gasteiger partial charge >= 0.3 is 18.2 Å². The highest BCUT2D eigenvalue weighted by Gasteiger charge is 2.26. The molecule has 1 amide bonds. The van der Waals surface area contributed by atoms with Gasteiger partial charge in [0, 0.05) is 18.7 Å². The number of nitrogens with zero attached hydrogens (tertiary/aromatic N) is 4. The lowest BCUT2D eigenvalue weighted by atomic mass is 10.1. The minimum absolute atomic E-state index is 0.124. The maximum Gasteiger partial charge on any atom is 0.513 e. The third-order valence-electron chi connectivity index (χ3n) is 7.19. The zero-order chi connectivity index (χ0) is 33.0. The number of carbonyl (C=O) groups excluding carboxylic acids is 3. The Morgan fingerprint density at radius 1 is 0.957 bits per heavy atom. The molecule has 1 unspecified atom stereocenters. The zero-order valence-electron chi connectivity index (χ0n) is 25.5. The second kappa shape index (κ2) is 13.4. The van der Waals surface area contributed by atoms with E-state index in [1.165, 1.54) is 25.3 Å². The van der Waals surface area contributed by atoms with Crippen molar-refractivity contribution >= 4 is 46.2 Å². The second-order valence-corrected chi connectivity index (χ2v) is 10.1. The number of carboxylic acid groups (broad SMARTS) is 1. The van der Waals surface area contributed by atoms with Crippen molar-refractivity contribution in [3.05, 3.63) is 83.4 Å². The Bertz CT molecular complexity index is 1960. The van der Waals surface area contributed by atoms with E-state index in [4.69, 9.17) is 19.2 Å². The smallest absolute Gasteiger partial charge is 0.491 e. The first-order chi connectivity index (χ1) is 22.1. The Labute approximate surface area is 262 Å². The van der Waals surface area contributed by atoms with E-state index in [0.717, 1.165) is 4.57 Å². The summed E-state index contributed by atoms with van der Waals surface area (Å²) in [6, 6.07) is 16.2. The Kier molecular flexibility index (Phi) is 9.16. The predicted molar refractivity (Wildman–Crippen MR) is 165 cm³/mol. The number of fused-ring (bicyclic) bond motifs is 2. The molecule has 0 saturated heterocycles. The van der Waals surface area contributed by atoms with E-state index in [-0.39, 0.29) is 37.2 Å². The van der Waals surface area contributed by atoms with E-state index in [9.17, 15) is 24.3 Å². The van der Waals surface area contributed by atoms with Crippen molar-refractivity contribution in [2.24, 2.45) is 7.05 Å². The Morgan fingerprint density at radius 3 is 2.46 bits per heavy atom. The number of rotatable bonds is 10. The fourth-order valence-corrected chi connectivity index (χ4v) is 5.02. The van der Waals surface area contributed by atoms with Gasteiger partial charge in [-0.15, -0.1) is 0 Å². The molecule has 2 N–H and O–H groups in total. The molecule has 14 heteroatoms. The molecule has 5 aromatic rings. The van der Waals surface area contributed by atoms with Gasteiger partial charge < -0.3 is 33.9 Å². The molecule has 5 rings (SSSR count). The summed E-state index contributed by atoms with van der Waals surface area (Å²) >= 11 is 0. The van der Waals surface area contributed by atoms with Crippen molar-refractivity contribution in [2.75, 3.05) is 26.9 Å². The highest BCUT2D eigenvalue weighted by atomic mass is 16.7. The van der Waals surface area contributed by atoms with Crippen LogP contribution in [0.4, 0.5) is 9.59 Å². The van der Waals surface area contributed by atoms with Crippen molar-refractivity contribution in [3.8, 4) is 11.5 Å². The fraction of sp³-hybridized carbons (Fsp3) is 0.250. The van der Waals surface area contributed by atoms with Crippen LogP contribution in [-0.4, -0.2) is 75.2 Å². The quantitative estimate of drug-likeness (QED) is 0.124. The highest BCUT2D eigenvalue weighted by Crippen LogP contribution is 2.31. The molecule has 2 heterocycles. The summed E-state index contributed by atoms with van der Waals surface area (Å²) in [6.45, 7) is 4.05. The highest BCUT2D eigenvalue weighted by molar-refractivity contribution is 5.97. The van der Waals surface area contributed by atoms with E-state index in [1.807, 2.05) is 0 Å². The number of aryl methyl sites for hydroxylation is 1. The second-order valence-electron chi connectivity index (χ2n) is 10.1. The van der Waals surface area contributed by atoms with Gasteiger partial charge in [-0.1, -0.05) is 12.1 Å². The van der Waals surface area contributed by atoms with E-state index in [0.29, 0.717) is 44.8 Å². The molecule has 2 aromatic heterocycles. The van der Waals surface area contributed by atoms with Gasteiger partial charge in [0.05, 0.1) is 48.2 Å². The number of hydrogen-bond acceptors (Lipinski definition) is 10. The van der Waals surface area contributed by atoms with Gasteiger partial charge in [0.25, 0.3) is 5.91 Å². The summed E-state index contributed by atoms with van der Waals surface area (Å²) in [5, 5.41) is 12.8. The van der Waals surface area contributed by atoms with Crippen molar-refractivity contribution in [1.29, 1.82) is 0 Å².